The topological polar surface area (TPSA) is 87.7 Å². The van der Waals surface area contributed by atoms with Crippen LogP contribution in [-0.4, -0.2) is 20.9 Å². The van der Waals surface area contributed by atoms with Gasteiger partial charge in [0.25, 0.3) is 5.56 Å². The first-order valence-corrected chi connectivity index (χ1v) is 6.23. The highest BCUT2D eigenvalue weighted by Gasteiger charge is 2.09. The molecule has 0 saturated heterocycles. The van der Waals surface area contributed by atoms with Crippen LogP contribution in [0.1, 0.15) is 16.3 Å². The average molecular weight is 264 g/mol. The van der Waals surface area contributed by atoms with Gasteiger partial charge >= 0.3 is 0 Å². The van der Waals surface area contributed by atoms with Crippen LogP contribution in [0.25, 0.3) is 0 Å². The molecule has 0 saturated carbocycles. The summed E-state index contributed by atoms with van der Waals surface area (Å²) in [6.07, 6.45) is 3.09. The second kappa shape index (κ2) is 5.54. The zero-order valence-corrected chi connectivity index (χ0v) is 10.6. The van der Waals surface area contributed by atoms with Crippen LogP contribution in [0.2, 0.25) is 0 Å². The number of aromatic nitrogens is 3. The zero-order valence-electron chi connectivity index (χ0n) is 9.77. The fourth-order valence-electron chi connectivity index (χ4n) is 1.41. The minimum absolute atomic E-state index is 0.0983. The van der Waals surface area contributed by atoms with Crippen LogP contribution in [-0.2, 0) is 17.8 Å². The predicted octanol–water partition coefficient (Wildman–Crippen LogP) is 0.394. The number of nitrogens with one attached hydrogen (secondary N) is 2. The molecule has 0 fully saturated rings. The van der Waals surface area contributed by atoms with Gasteiger partial charge in [0.15, 0.2) is 0 Å². The normalized spacial score (nSPS) is 10.3. The first-order valence-electron chi connectivity index (χ1n) is 5.35. The molecule has 0 radical (unpaired) electrons. The van der Waals surface area contributed by atoms with Gasteiger partial charge in [-0.2, -0.15) is 0 Å². The van der Waals surface area contributed by atoms with Crippen molar-refractivity contribution in [3.05, 3.63) is 44.5 Å². The van der Waals surface area contributed by atoms with Crippen LogP contribution in [0, 0.1) is 6.92 Å². The van der Waals surface area contributed by atoms with E-state index in [9.17, 15) is 9.59 Å². The Morgan fingerprint density at radius 2 is 2.33 bits per heavy atom. The van der Waals surface area contributed by atoms with E-state index in [0.717, 1.165) is 5.01 Å². The molecule has 0 aliphatic carbocycles. The molecular weight excluding hydrogens is 252 g/mol. The molecule has 94 valence electrons. The second-order valence-corrected chi connectivity index (χ2v) is 4.66. The predicted molar refractivity (Wildman–Crippen MR) is 67.3 cm³/mol. The highest BCUT2D eigenvalue weighted by atomic mass is 32.1. The molecule has 0 aromatic carbocycles. The van der Waals surface area contributed by atoms with Crippen molar-refractivity contribution in [3.63, 3.8) is 0 Å². The molecule has 18 heavy (non-hydrogen) atoms. The fraction of sp³-hybridized carbons (Fsp3) is 0.273. The van der Waals surface area contributed by atoms with Gasteiger partial charge in [-0.3, -0.25) is 9.59 Å². The van der Waals surface area contributed by atoms with E-state index >= 15 is 0 Å². The molecule has 0 atom stereocenters. The third-order valence-electron chi connectivity index (χ3n) is 2.44. The number of carbonyl (C=O) groups is 1. The Morgan fingerprint density at radius 1 is 1.50 bits per heavy atom. The van der Waals surface area contributed by atoms with Crippen LogP contribution in [0.5, 0.6) is 0 Å². The van der Waals surface area contributed by atoms with Crippen LogP contribution in [0.15, 0.2) is 22.7 Å². The summed E-state index contributed by atoms with van der Waals surface area (Å²) in [6, 6.07) is 0. The molecule has 2 aromatic heterocycles. The molecule has 0 aliphatic rings. The third kappa shape index (κ3) is 3.01. The van der Waals surface area contributed by atoms with Gasteiger partial charge < -0.3 is 10.3 Å². The monoisotopic (exact) mass is 264 g/mol. The van der Waals surface area contributed by atoms with Gasteiger partial charge in [0.05, 0.1) is 25.0 Å². The molecule has 0 aliphatic heterocycles. The molecular formula is C11H12N4O2S. The SMILES string of the molecule is Cc1c(CC(=O)NCc2nccs2)nc[nH]c1=O. The first kappa shape index (κ1) is 12.4. The van der Waals surface area contributed by atoms with Crippen molar-refractivity contribution in [2.45, 2.75) is 19.9 Å². The van der Waals surface area contributed by atoms with Crippen LogP contribution in [0.3, 0.4) is 0 Å². The molecule has 2 aromatic rings. The maximum atomic E-state index is 11.7. The Morgan fingerprint density at radius 3 is 3.06 bits per heavy atom. The van der Waals surface area contributed by atoms with E-state index in [-0.39, 0.29) is 17.9 Å². The Labute approximate surface area is 107 Å². The summed E-state index contributed by atoms with van der Waals surface area (Å²) in [6.45, 7) is 2.05. The highest BCUT2D eigenvalue weighted by Crippen LogP contribution is 2.03. The number of H-pyrrole nitrogens is 1. The summed E-state index contributed by atoms with van der Waals surface area (Å²) in [5, 5.41) is 5.43. The molecule has 6 nitrogen and oxygen atoms in total. The van der Waals surface area contributed by atoms with Gasteiger partial charge in [-0.15, -0.1) is 11.3 Å². The van der Waals surface area contributed by atoms with Crippen molar-refractivity contribution >= 4 is 17.2 Å². The molecule has 0 bridgehead atoms. The van der Waals surface area contributed by atoms with Crippen molar-refractivity contribution in [3.8, 4) is 0 Å². The van der Waals surface area contributed by atoms with Gasteiger partial charge in [0.1, 0.15) is 5.01 Å². The van der Waals surface area contributed by atoms with Gasteiger partial charge in [-0.05, 0) is 6.92 Å². The van der Waals surface area contributed by atoms with Crippen molar-refractivity contribution < 1.29 is 4.79 Å². The number of aromatic amines is 1. The number of rotatable bonds is 4. The molecule has 0 spiro atoms. The second-order valence-electron chi connectivity index (χ2n) is 3.68. The van der Waals surface area contributed by atoms with E-state index in [1.807, 2.05) is 5.38 Å². The van der Waals surface area contributed by atoms with E-state index in [1.54, 1.807) is 13.1 Å². The number of amides is 1. The van der Waals surface area contributed by atoms with E-state index in [1.165, 1.54) is 17.7 Å². The lowest BCUT2D eigenvalue weighted by molar-refractivity contribution is -0.120. The lowest BCUT2D eigenvalue weighted by Crippen LogP contribution is -2.26. The Hall–Kier alpha value is -2.02. The Balaban J connectivity index is 1.95. The summed E-state index contributed by atoms with van der Waals surface area (Å²) in [4.78, 5) is 33.5. The van der Waals surface area contributed by atoms with Crippen LogP contribution < -0.4 is 10.9 Å². The first-order chi connectivity index (χ1) is 8.66. The Kier molecular flexibility index (Phi) is 3.83. The summed E-state index contributed by atoms with van der Waals surface area (Å²) in [7, 11) is 0. The van der Waals surface area contributed by atoms with E-state index in [0.29, 0.717) is 17.8 Å². The van der Waals surface area contributed by atoms with Crippen LogP contribution in [0.4, 0.5) is 0 Å². The summed E-state index contributed by atoms with van der Waals surface area (Å²) >= 11 is 1.48. The van der Waals surface area contributed by atoms with Crippen molar-refractivity contribution in [1.29, 1.82) is 0 Å². The lowest BCUT2D eigenvalue weighted by Gasteiger charge is -2.04. The molecule has 1 amide bonds. The Bertz CT molecular complexity index is 591. The zero-order chi connectivity index (χ0) is 13.0. The fourth-order valence-corrected chi connectivity index (χ4v) is 1.97. The highest BCUT2D eigenvalue weighted by molar-refractivity contribution is 7.09. The largest absolute Gasteiger partial charge is 0.349 e. The summed E-state index contributed by atoms with van der Waals surface area (Å²) in [5.74, 6) is -0.175. The minimum Gasteiger partial charge on any atom is -0.349 e. The number of hydrogen-bond donors (Lipinski definition) is 2. The standard InChI is InChI=1S/C11H12N4O2S/c1-7-8(14-6-15-11(7)17)4-9(16)13-5-10-12-2-3-18-10/h2-3,6H,4-5H2,1H3,(H,13,16)(H,14,15,17). The quantitative estimate of drug-likeness (QED) is 0.836. The van der Waals surface area contributed by atoms with Gasteiger partial charge in [-0.25, -0.2) is 9.97 Å². The molecule has 7 heteroatoms. The lowest BCUT2D eigenvalue weighted by atomic mass is 10.2. The van der Waals surface area contributed by atoms with Gasteiger partial charge in [0, 0.05) is 17.1 Å². The maximum absolute atomic E-state index is 11.7. The van der Waals surface area contributed by atoms with Crippen molar-refractivity contribution in [1.82, 2.24) is 20.3 Å². The van der Waals surface area contributed by atoms with E-state index < -0.39 is 0 Å². The number of nitrogens with zero attached hydrogens (tertiary/aromatic N) is 2. The molecule has 2 rings (SSSR count). The van der Waals surface area contributed by atoms with Gasteiger partial charge in [-0.1, -0.05) is 0 Å². The number of hydrogen-bond acceptors (Lipinski definition) is 5. The minimum atomic E-state index is -0.215. The van der Waals surface area contributed by atoms with Crippen LogP contribution >= 0.6 is 11.3 Å². The molecule has 2 N–H and O–H groups in total. The van der Waals surface area contributed by atoms with E-state index in [2.05, 4.69) is 20.3 Å². The summed E-state index contributed by atoms with van der Waals surface area (Å²) < 4.78 is 0. The van der Waals surface area contributed by atoms with Gasteiger partial charge in [0.2, 0.25) is 5.91 Å². The maximum Gasteiger partial charge on any atom is 0.253 e. The smallest absolute Gasteiger partial charge is 0.253 e. The molecule has 2 heterocycles. The number of thiazole rings is 1. The van der Waals surface area contributed by atoms with E-state index in [4.69, 9.17) is 0 Å². The van der Waals surface area contributed by atoms with Crippen molar-refractivity contribution in [2.24, 2.45) is 0 Å². The third-order valence-corrected chi connectivity index (χ3v) is 3.22. The number of carbonyl (C=O) groups excluding carboxylic acids is 1. The molecule has 0 unspecified atom stereocenters. The average Bonchev–Trinajstić information content (AvgIpc) is 2.86. The van der Waals surface area contributed by atoms with Crippen molar-refractivity contribution in [2.75, 3.05) is 0 Å². The summed E-state index contributed by atoms with van der Waals surface area (Å²) in [5.41, 5.74) is 0.755.